The van der Waals surface area contributed by atoms with Crippen molar-refractivity contribution >= 4 is 47.1 Å². The summed E-state index contributed by atoms with van der Waals surface area (Å²) in [4.78, 5) is 47.5. The molecule has 0 aromatic heterocycles. The molecule has 0 heterocycles. The molecule has 2 aromatic rings. The van der Waals surface area contributed by atoms with E-state index in [1.807, 2.05) is 0 Å². The second-order valence-corrected chi connectivity index (χ2v) is 9.25. The van der Waals surface area contributed by atoms with Crippen LogP contribution in [0.2, 0.25) is 10.0 Å². The normalized spacial score (nSPS) is 16.1. The lowest BCUT2D eigenvalue weighted by atomic mass is 9.82. The molecule has 1 aliphatic rings. The Labute approximate surface area is 240 Å². The summed E-state index contributed by atoms with van der Waals surface area (Å²) in [5.74, 6) is -2.05. The molecule has 0 atom stereocenters. The van der Waals surface area contributed by atoms with E-state index in [4.69, 9.17) is 51.6 Å². The first kappa shape index (κ1) is 30.5. The lowest BCUT2D eigenvalue weighted by molar-refractivity contribution is -0.145. The Morgan fingerprint density at radius 3 is 1.40 bits per heavy atom. The van der Waals surface area contributed by atoms with Crippen LogP contribution in [0.3, 0.4) is 0 Å². The number of rotatable bonds is 12. The fourth-order valence-corrected chi connectivity index (χ4v) is 4.10. The fourth-order valence-electron chi connectivity index (χ4n) is 3.69. The molecule has 212 valence electrons. The van der Waals surface area contributed by atoms with Crippen LogP contribution in [-0.4, -0.2) is 37.5 Å². The van der Waals surface area contributed by atoms with Crippen LogP contribution >= 0.6 is 23.2 Å². The van der Waals surface area contributed by atoms with Gasteiger partial charge in [-0.3, -0.25) is 9.59 Å². The number of hydrogen-bond acceptors (Lipinski definition) is 10. The molecule has 0 aliphatic heterocycles. The van der Waals surface area contributed by atoms with Crippen molar-refractivity contribution in [1.82, 2.24) is 0 Å². The molecule has 0 saturated heterocycles. The summed E-state index contributed by atoms with van der Waals surface area (Å²) in [6, 6.07) is 8.85. The van der Waals surface area contributed by atoms with Gasteiger partial charge in [-0.1, -0.05) is 36.4 Å². The van der Waals surface area contributed by atoms with Gasteiger partial charge in [0.1, 0.15) is 23.0 Å². The van der Waals surface area contributed by atoms with E-state index in [1.54, 1.807) is 0 Å². The fraction of sp³-hybridized carbons (Fsp3) is 0.286. The van der Waals surface area contributed by atoms with E-state index in [1.165, 1.54) is 36.4 Å². The summed E-state index contributed by atoms with van der Waals surface area (Å²) in [5, 5.41) is 0.286. The van der Waals surface area contributed by atoms with Gasteiger partial charge in [0.25, 0.3) is 0 Å². The SMILES string of the molecule is C=CC(=O)OCOc1ccc(OC(=O)C2CCC(C(=O)Oc3ccc(OCOC(=O)C=C)cc3Cl)CC2)c(Cl)c1. The van der Waals surface area contributed by atoms with Crippen LogP contribution in [0.4, 0.5) is 0 Å². The van der Waals surface area contributed by atoms with Crippen LogP contribution in [-0.2, 0) is 28.7 Å². The van der Waals surface area contributed by atoms with Crippen molar-refractivity contribution in [1.29, 1.82) is 0 Å². The molecular weight excluding hydrogens is 567 g/mol. The first-order valence-corrected chi connectivity index (χ1v) is 12.8. The third kappa shape index (κ3) is 9.03. The van der Waals surface area contributed by atoms with Gasteiger partial charge in [0.2, 0.25) is 13.6 Å². The lowest BCUT2D eigenvalue weighted by Gasteiger charge is -2.26. The first-order chi connectivity index (χ1) is 19.2. The second kappa shape index (κ2) is 14.9. The third-order valence-electron chi connectivity index (χ3n) is 5.81. The van der Waals surface area contributed by atoms with Gasteiger partial charge < -0.3 is 28.4 Å². The summed E-state index contributed by atoms with van der Waals surface area (Å²) < 4.78 is 30.9. The molecule has 40 heavy (non-hydrogen) atoms. The quantitative estimate of drug-likeness (QED) is 0.136. The minimum atomic E-state index is -0.630. The Bertz CT molecular complexity index is 1170. The number of hydrogen-bond donors (Lipinski definition) is 0. The van der Waals surface area contributed by atoms with Crippen LogP contribution < -0.4 is 18.9 Å². The molecule has 3 rings (SSSR count). The summed E-state index contributed by atoms with van der Waals surface area (Å²) in [5.41, 5.74) is 0. The Morgan fingerprint density at radius 1 is 0.700 bits per heavy atom. The molecule has 1 saturated carbocycles. The first-order valence-electron chi connectivity index (χ1n) is 12.1. The molecule has 0 radical (unpaired) electrons. The van der Waals surface area contributed by atoms with E-state index in [0.29, 0.717) is 37.2 Å². The molecule has 0 N–H and O–H groups in total. The predicted octanol–water partition coefficient (Wildman–Crippen LogP) is 5.44. The Hall–Kier alpha value is -4.02. The number of carbonyl (C=O) groups excluding carboxylic acids is 4. The molecule has 1 fully saturated rings. The van der Waals surface area contributed by atoms with Crippen molar-refractivity contribution < 1.29 is 47.6 Å². The van der Waals surface area contributed by atoms with Crippen LogP contribution in [0.15, 0.2) is 61.7 Å². The van der Waals surface area contributed by atoms with E-state index >= 15 is 0 Å². The van der Waals surface area contributed by atoms with Gasteiger partial charge in [0.05, 0.1) is 21.9 Å². The lowest BCUT2D eigenvalue weighted by Crippen LogP contribution is -2.30. The average molecular weight is 593 g/mol. The van der Waals surface area contributed by atoms with Crippen molar-refractivity contribution in [3.8, 4) is 23.0 Å². The van der Waals surface area contributed by atoms with Crippen molar-refractivity contribution in [3.63, 3.8) is 0 Å². The summed E-state index contributed by atoms with van der Waals surface area (Å²) in [6.45, 7) is 5.91. The second-order valence-electron chi connectivity index (χ2n) is 8.43. The molecule has 10 nitrogen and oxygen atoms in total. The van der Waals surface area contributed by atoms with Gasteiger partial charge in [0, 0.05) is 24.3 Å². The van der Waals surface area contributed by atoms with Crippen molar-refractivity contribution in [2.75, 3.05) is 13.6 Å². The maximum Gasteiger partial charge on any atom is 0.333 e. The van der Waals surface area contributed by atoms with E-state index < -0.39 is 35.7 Å². The monoisotopic (exact) mass is 592 g/mol. The number of benzene rings is 2. The van der Waals surface area contributed by atoms with Crippen LogP contribution in [0.5, 0.6) is 23.0 Å². The zero-order chi connectivity index (χ0) is 29.1. The summed E-state index contributed by atoms with van der Waals surface area (Å²) >= 11 is 12.4. The van der Waals surface area contributed by atoms with Crippen LogP contribution in [0.25, 0.3) is 0 Å². The highest BCUT2D eigenvalue weighted by Gasteiger charge is 2.32. The topological polar surface area (TPSA) is 124 Å². The molecule has 12 heteroatoms. The number of halogens is 2. The Balaban J connectivity index is 1.45. The minimum absolute atomic E-state index is 0.143. The van der Waals surface area contributed by atoms with Gasteiger partial charge in [-0.15, -0.1) is 0 Å². The maximum absolute atomic E-state index is 12.7. The van der Waals surface area contributed by atoms with Gasteiger partial charge in [-0.25, -0.2) is 9.59 Å². The van der Waals surface area contributed by atoms with Crippen molar-refractivity contribution in [3.05, 3.63) is 71.8 Å². The molecule has 0 amide bonds. The van der Waals surface area contributed by atoms with Crippen LogP contribution in [0, 0.1) is 11.8 Å². The van der Waals surface area contributed by atoms with E-state index in [-0.39, 0.29) is 35.1 Å². The highest BCUT2D eigenvalue weighted by molar-refractivity contribution is 6.32. The molecule has 0 spiro atoms. The zero-order valence-electron chi connectivity index (χ0n) is 21.3. The van der Waals surface area contributed by atoms with Gasteiger partial charge >= 0.3 is 23.9 Å². The molecule has 1 aliphatic carbocycles. The predicted molar refractivity (Wildman–Crippen MR) is 143 cm³/mol. The third-order valence-corrected chi connectivity index (χ3v) is 6.40. The van der Waals surface area contributed by atoms with E-state index in [9.17, 15) is 19.2 Å². The van der Waals surface area contributed by atoms with Gasteiger partial charge in [-0.2, -0.15) is 0 Å². The number of carbonyl (C=O) groups is 4. The molecule has 2 aromatic carbocycles. The van der Waals surface area contributed by atoms with E-state index in [0.717, 1.165) is 12.2 Å². The van der Waals surface area contributed by atoms with Gasteiger partial charge in [0.15, 0.2) is 0 Å². The summed E-state index contributed by atoms with van der Waals surface area (Å²) in [6.07, 6.45) is 3.73. The highest BCUT2D eigenvalue weighted by Crippen LogP contribution is 2.35. The maximum atomic E-state index is 12.7. The van der Waals surface area contributed by atoms with Crippen molar-refractivity contribution in [2.24, 2.45) is 11.8 Å². The molecule has 0 unspecified atom stereocenters. The smallest absolute Gasteiger partial charge is 0.333 e. The highest BCUT2D eigenvalue weighted by atomic mass is 35.5. The Morgan fingerprint density at radius 2 is 1.07 bits per heavy atom. The average Bonchev–Trinajstić information content (AvgIpc) is 2.95. The zero-order valence-corrected chi connectivity index (χ0v) is 22.8. The largest absolute Gasteiger partial charge is 0.457 e. The molecular formula is C28H26Cl2O10. The standard InChI is InChI=1S/C28H26Cl2O10/c1-3-25(31)37-15-35-19-9-11-23(21(29)13-19)39-27(33)17-5-7-18(8-6-17)28(34)40-24-12-10-20(14-22(24)30)36-16-38-26(32)4-2/h3-4,9-14,17-18H,1-2,5-8,15-16H2. The van der Waals surface area contributed by atoms with Crippen LogP contribution in [0.1, 0.15) is 25.7 Å². The van der Waals surface area contributed by atoms with Gasteiger partial charge in [-0.05, 0) is 49.9 Å². The Kier molecular flexibility index (Phi) is 11.4. The minimum Gasteiger partial charge on any atom is -0.457 e. The summed E-state index contributed by atoms with van der Waals surface area (Å²) in [7, 11) is 0. The molecule has 0 bridgehead atoms. The number of esters is 4. The number of ether oxygens (including phenoxy) is 6. The van der Waals surface area contributed by atoms with Crippen molar-refractivity contribution in [2.45, 2.75) is 25.7 Å². The van der Waals surface area contributed by atoms with E-state index in [2.05, 4.69) is 13.2 Å².